The highest BCUT2D eigenvalue weighted by atomic mass is 35.5. The summed E-state index contributed by atoms with van der Waals surface area (Å²) in [6.45, 7) is 20.5. The van der Waals surface area contributed by atoms with Gasteiger partial charge in [-0.25, -0.2) is 14.4 Å². The molecule has 1 heterocycles. The zero-order valence-corrected chi connectivity index (χ0v) is 34.4. The molecular formula is C41H44Cl5FN4. The van der Waals surface area contributed by atoms with E-state index in [1.165, 1.54) is 22.8 Å². The van der Waals surface area contributed by atoms with Gasteiger partial charge in [0.25, 0.3) is 0 Å². The average molecular weight is 789 g/mol. The first-order chi connectivity index (χ1) is 24.0. The number of benzene rings is 4. The molecule has 1 fully saturated rings. The third kappa shape index (κ3) is 8.09. The summed E-state index contributed by atoms with van der Waals surface area (Å²) in [6.07, 6.45) is 0.741. The number of para-hydroxylation sites is 1. The number of halogens is 6. The second-order valence-corrected chi connectivity index (χ2v) is 16.0. The fourth-order valence-corrected chi connectivity index (χ4v) is 8.26. The number of amidine groups is 2. The molecular weight excluding hydrogens is 745 g/mol. The van der Waals surface area contributed by atoms with E-state index in [9.17, 15) is 0 Å². The van der Waals surface area contributed by atoms with E-state index in [0.29, 0.717) is 24.6 Å². The Morgan fingerprint density at radius 2 is 1.04 bits per heavy atom. The van der Waals surface area contributed by atoms with Crippen molar-refractivity contribution in [1.29, 1.82) is 0 Å². The molecule has 1 aliphatic heterocycles. The van der Waals surface area contributed by atoms with Crippen LogP contribution in [0.3, 0.4) is 0 Å². The maximum atomic E-state index is 15.7. The highest BCUT2D eigenvalue weighted by molar-refractivity contribution is 6.56. The molecule has 1 aliphatic rings. The summed E-state index contributed by atoms with van der Waals surface area (Å²) in [5, 5.41) is 0.307. The Bertz CT molecular complexity index is 1950. The average Bonchev–Trinajstić information content (AvgIpc) is 3.06. The van der Waals surface area contributed by atoms with Crippen molar-refractivity contribution in [1.82, 2.24) is 9.80 Å². The molecule has 0 atom stereocenters. The van der Waals surface area contributed by atoms with Crippen LogP contribution in [0.15, 0.2) is 52.4 Å². The van der Waals surface area contributed by atoms with Crippen molar-refractivity contribution in [2.45, 2.75) is 80.6 Å². The van der Waals surface area contributed by atoms with Crippen LogP contribution in [-0.2, 0) is 0 Å². The lowest BCUT2D eigenvalue weighted by atomic mass is 9.92. The quantitative estimate of drug-likeness (QED) is 0.0843. The number of hydrogen-bond donors (Lipinski definition) is 0. The first-order valence-corrected chi connectivity index (χ1v) is 19.1. The van der Waals surface area contributed by atoms with E-state index in [1.807, 2.05) is 24.8 Å². The third-order valence-corrected chi connectivity index (χ3v) is 11.6. The highest BCUT2D eigenvalue weighted by Gasteiger charge is 2.32. The van der Waals surface area contributed by atoms with Crippen molar-refractivity contribution in [3.8, 4) is 0 Å². The molecule has 0 radical (unpaired) electrons. The highest BCUT2D eigenvalue weighted by Crippen LogP contribution is 2.45. The second-order valence-electron chi connectivity index (χ2n) is 14.1. The van der Waals surface area contributed by atoms with Gasteiger partial charge in [0.05, 0.1) is 43.0 Å². The molecule has 0 aliphatic carbocycles. The van der Waals surface area contributed by atoms with Gasteiger partial charge in [-0.3, -0.25) is 0 Å². The zero-order chi connectivity index (χ0) is 37.5. The fraction of sp³-hybridized carbons (Fsp3) is 0.366. The Hall–Kier alpha value is -2.80. The smallest absolute Gasteiger partial charge is 0.149 e. The van der Waals surface area contributed by atoms with Gasteiger partial charge in [0.15, 0.2) is 0 Å². The maximum absolute atomic E-state index is 15.7. The van der Waals surface area contributed by atoms with Crippen LogP contribution in [0.25, 0.3) is 0 Å². The van der Waals surface area contributed by atoms with Crippen LogP contribution in [0.1, 0.15) is 96.0 Å². The Kier molecular flexibility index (Phi) is 12.4. The molecule has 0 N–H and O–H groups in total. The Morgan fingerprint density at radius 3 is 1.53 bits per heavy atom. The SMILES string of the molecule is Cc1cc(C)c(C(=Nc2c(C(C)C)cccc2C(C)C)N2CCCN(C(=Nc3c(C)cc(C)cc3F)c3c(Cl)c(Cl)c(Cl)c(Cl)c3Cl)C2)c(C)c1. The Labute approximate surface area is 327 Å². The molecule has 4 aromatic carbocycles. The lowest BCUT2D eigenvalue weighted by Crippen LogP contribution is -2.50. The summed E-state index contributed by atoms with van der Waals surface area (Å²) in [7, 11) is 0. The third-order valence-electron chi connectivity index (χ3n) is 9.31. The Morgan fingerprint density at radius 1 is 0.608 bits per heavy atom. The predicted octanol–water partition coefficient (Wildman–Crippen LogP) is 13.7. The van der Waals surface area contributed by atoms with Gasteiger partial charge in [-0.2, -0.15) is 0 Å². The van der Waals surface area contributed by atoms with Crippen LogP contribution in [0.2, 0.25) is 25.1 Å². The van der Waals surface area contributed by atoms with E-state index in [4.69, 9.17) is 68.0 Å². The summed E-state index contributed by atoms with van der Waals surface area (Å²) in [5.74, 6) is 1.25. The summed E-state index contributed by atoms with van der Waals surface area (Å²) >= 11 is 33.5. The van der Waals surface area contributed by atoms with Crippen LogP contribution in [0.4, 0.5) is 15.8 Å². The molecule has 0 saturated carbocycles. The minimum atomic E-state index is -0.461. The van der Waals surface area contributed by atoms with E-state index >= 15 is 4.39 Å². The Balaban J connectivity index is 1.77. The zero-order valence-electron chi connectivity index (χ0n) is 30.6. The predicted molar refractivity (Wildman–Crippen MR) is 218 cm³/mol. The number of nitrogens with zero attached hydrogens (tertiary/aromatic N) is 4. The van der Waals surface area contributed by atoms with Crippen molar-refractivity contribution in [2.24, 2.45) is 9.98 Å². The van der Waals surface area contributed by atoms with Gasteiger partial charge in [-0.1, -0.05) is 128 Å². The van der Waals surface area contributed by atoms with Crippen LogP contribution in [0.5, 0.6) is 0 Å². The van der Waals surface area contributed by atoms with Crippen molar-refractivity contribution < 1.29 is 4.39 Å². The van der Waals surface area contributed by atoms with Crippen molar-refractivity contribution >= 4 is 81.1 Å². The summed E-state index contributed by atoms with van der Waals surface area (Å²) in [4.78, 5) is 14.9. The molecule has 10 heteroatoms. The molecule has 0 unspecified atom stereocenters. The number of aryl methyl sites for hydroxylation is 5. The van der Waals surface area contributed by atoms with Gasteiger partial charge in [-0.15, -0.1) is 0 Å². The van der Waals surface area contributed by atoms with Gasteiger partial charge < -0.3 is 9.80 Å². The second kappa shape index (κ2) is 16.1. The largest absolute Gasteiger partial charge is 0.338 e. The number of aliphatic imine (C=N–C) groups is 2. The van der Waals surface area contributed by atoms with Crippen LogP contribution in [-0.4, -0.2) is 41.2 Å². The monoisotopic (exact) mass is 786 g/mol. The van der Waals surface area contributed by atoms with Crippen molar-refractivity contribution in [2.75, 3.05) is 19.8 Å². The van der Waals surface area contributed by atoms with Crippen molar-refractivity contribution in [3.05, 3.63) is 123 Å². The molecule has 1 saturated heterocycles. The molecule has 4 nitrogen and oxygen atoms in total. The minimum Gasteiger partial charge on any atom is -0.338 e. The van der Waals surface area contributed by atoms with E-state index in [2.05, 4.69) is 83.7 Å². The van der Waals surface area contributed by atoms with Crippen LogP contribution < -0.4 is 0 Å². The van der Waals surface area contributed by atoms with E-state index < -0.39 is 5.82 Å². The van der Waals surface area contributed by atoms with Crippen molar-refractivity contribution in [3.63, 3.8) is 0 Å². The lowest BCUT2D eigenvalue weighted by Gasteiger charge is -2.40. The maximum Gasteiger partial charge on any atom is 0.149 e. The fourth-order valence-electron chi connectivity index (χ4n) is 6.95. The standard InChI is InChI=1S/C41H44Cl5FN4/c1-21(2)28-12-10-13-29(22(3)4)39(28)49-40(31-25(7)16-23(5)17-26(31)8)50-14-11-15-51(20-50)41(48-38-27(9)18-24(6)19-30(38)47)32-33(42)35(44)37(46)36(45)34(32)43/h10,12-13,16-19,21-22H,11,14-15,20H2,1-9H3. The molecule has 0 bridgehead atoms. The van der Waals surface area contributed by atoms with Crippen LogP contribution >= 0.6 is 58.0 Å². The molecule has 0 aromatic heterocycles. The molecule has 0 spiro atoms. The van der Waals surface area contributed by atoms with Gasteiger partial charge in [0.1, 0.15) is 23.2 Å². The summed E-state index contributed by atoms with van der Waals surface area (Å²) in [5.41, 5.74) is 9.79. The minimum absolute atomic E-state index is 0.0407. The first-order valence-electron chi connectivity index (χ1n) is 17.2. The molecule has 51 heavy (non-hydrogen) atoms. The first kappa shape index (κ1) is 39.4. The van der Waals surface area contributed by atoms with Gasteiger partial charge in [0.2, 0.25) is 0 Å². The van der Waals surface area contributed by atoms with Gasteiger partial charge in [0, 0.05) is 18.7 Å². The van der Waals surface area contributed by atoms with Gasteiger partial charge in [-0.05, 0) is 92.3 Å². The topological polar surface area (TPSA) is 31.2 Å². The van der Waals surface area contributed by atoms with E-state index in [1.54, 1.807) is 0 Å². The molecule has 5 rings (SSSR count). The van der Waals surface area contributed by atoms with Gasteiger partial charge >= 0.3 is 0 Å². The van der Waals surface area contributed by atoms with E-state index in [0.717, 1.165) is 46.7 Å². The normalized spacial score (nSPS) is 14.4. The number of rotatable bonds is 6. The molecule has 270 valence electrons. The summed E-state index contributed by atoms with van der Waals surface area (Å²) < 4.78 is 15.7. The van der Waals surface area contributed by atoms with E-state index in [-0.39, 0.29) is 48.2 Å². The molecule has 4 aromatic rings. The number of hydrogen-bond acceptors (Lipinski definition) is 2. The molecule has 0 amide bonds. The van der Waals surface area contributed by atoms with Crippen LogP contribution in [0, 0.1) is 40.4 Å². The summed E-state index contributed by atoms with van der Waals surface area (Å²) in [6, 6.07) is 14.2. The lowest BCUT2D eigenvalue weighted by molar-refractivity contribution is 0.214.